The third-order valence-electron chi connectivity index (χ3n) is 2.15. The van der Waals surface area contributed by atoms with E-state index in [1.165, 1.54) is 18.2 Å². The average molecular weight is 246 g/mol. The maximum Gasteiger partial charge on any atom is 0.252 e. The summed E-state index contributed by atoms with van der Waals surface area (Å²) in [4.78, 5) is 10.9. The summed E-state index contributed by atoms with van der Waals surface area (Å²) in [5, 5.41) is 28.2. The normalized spacial score (nSPS) is 14.4. The monoisotopic (exact) mass is 245 g/mol. The minimum atomic E-state index is -1.23. The van der Waals surface area contributed by atoms with Gasteiger partial charge in [0, 0.05) is 0 Å². The van der Waals surface area contributed by atoms with Crippen LogP contribution in [0.25, 0.3) is 0 Å². The van der Waals surface area contributed by atoms with Crippen molar-refractivity contribution in [2.24, 2.45) is 5.73 Å². The fourth-order valence-electron chi connectivity index (χ4n) is 1.24. The molecule has 0 saturated heterocycles. The third kappa shape index (κ3) is 2.63. The molecular formula is C10H12ClNO4. The van der Waals surface area contributed by atoms with Crippen molar-refractivity contribution < 1.29 is 20.1 Å². The van der Waals surface area contributed by atoms with E-state index in [4.69, 9.17) is 17.3 Å². The molecule has 0 aromatic heterocycles. The van der Waals surface area contributed by atoms with Gasteiger partial charge in [0.25, 0.3) is 5.91 Å². The molecule has 0 spiro atoms. The molecule has 6 heteroatoms. The van der Waals surface area contributed by atoms with Gasteiger partial charge in [-0.1, -0.05) is 6.07 Å². The van der Waals surface area contributed by atoms with Gasteiger partial charge >= 0.3 is 0 Å². The zero-order chi connectivity index (χ0) is 12.3. The lowest BCUT2D eigenvalue weighted by Crippen LogP contribution is -2.20. The first-order chi connectivity index (χ1) is 7.47. The van der Waals surface area contributed by atoms with Crippen molar-refractivity contribution in [3.8, 4) is 5.75 Å². The number of nitrogens with two attached hydrogens (primary N) is 1. The summed E-state index contributed by atoms with van der Waals surface area (Å²) in [7, 11) is 0. The van der Waals surface area contributed by atoms with Gasteiger partial charge in [0.15, 0.2) is 0 Å². The number of carbonyl (C=O) groups is 1. The largest absolute Gasteiger partial charge is 0.507 e. The van der Waals surface area contributed by atoms with Crippen molar-refractivity contribution >= 4 is 17.5 Å². The molecule has 1 rings (SSSR count). The van der Waals surface area contributed by atoms with Gasteiger partial charge in [-0.15, -0.1) is 11.6 Å². The summed E-state index contributed by atoms with van der Waals surface area (Å²) in [5.74, 6) is -1.23. The predicted molar refractivity (Wildman–Crippen MR) is 58.3 cm³/mol. The van der Waals surface area contributed by atoms with Crippen LogP contribution in [0.2, 0.25) is 0 Å². The van der Waals surface area contributed by atoms with Crippen molar-refractivity contribution in [1.29, 1.82) is 0 Å². The van der Waals surface area contributed by atoms with Gasteiger partial charge in [0.05, 0.1) is 17.5 Å². The molecule has 0 fully saturated rings. The molecule has 0 aliphatic rings. The molecule has 0 radical (unpaired) electrons. The molecule has 0 aliphatic carbocycles. The van der Waals surface area contributed by atoms with Crippen LogP contribution < -0.4 is 5.73 Å². The highest BCUT2D eigenvalue weighted by Crippen LogP contribution is 2.24. The molecule has 5 nitrogen and oxygen atoms in total. The number of hydrogen-bond donors (Lipinski definition) is 4. The topological polar surface area (TPSA) is 104 Å². The summed E-state index contributed by atoms with van der Waals surface area (Å²) < 4.78 is 0. The van der Waals surface area contributed by atoms with Crippen LogP contribution in [0.4, 0.5) is 0 Å². The predicted octanol–water partition coefficient (Wildman–Crippen LogP) is 0.124. The molecule has 1 aromatic rings. The van der Waals surface area contributed by atoms with Crippen LogP contribution >= 0.6 is 11.6 Å². The summed E-state index contributed by atoms with van der Waals surface area (Å²) in [6.45, 7) is 0. The van der Waals surface area contributed by atoms with E-state index in [0.29, 0.717) is 0 Å². The number of alkyl halides is 1. The Morgan fingerprint density at radius 3 is 2.56 bits per heavy atom. The second-order valence-corrected chi connectivity index (χ2v) is 3.62. The molecule has 0 heterocycles. The summed E-state index contributed by atoms with van der Waals surface area (Å²) in [5.41, 5.74) is 5.17. The second kappa shape index (κ2) is 5.16. The van der Waals surface area contributed by atoms with Gasteiger partial charge in [-0.05, 0) is 17.7 Å². The van der Waals surface area contributed by atoms with Crippen LogP contribution in [0, 0.1) is 0 Å². The van der Waals surface area contributed by atoms with Crippen molar-refractivity contribution in [1.82, 2.24) is 0 Å². The lowest BCUT2D eigenvalue weighted by atomic mass is 10.0. The van der Waals surface area contributed by atoms with E-state index >= 15 is 0 Å². The minimum absolute atomic E-state index is 0.113. The van der Waals surface area contributed by atoms with E-state index < -0.39 is 18.1 Å². The van der Waals surface area contributed by atoms with Crippen LogP contribution in [0.3, 0.4) is 0 Å². The van der Waals surface area contributed by atoms with Crippen molar-refractivity contribution in [2.75, 3.05) is 5.88 Å². The molecule has 5 N–H and O–H groups in total. The molecule has 2 unspecified atom stereocenters. The Labute approximate surface area is 97.1 Å². The molecule has 0 aliphatic heterocycles. The van der Waals surface area contributed by atoms with Crippen LogP contribution in [-0.2, 0) is 0 Å². The van der Waals surface area contributed by atoms with Crippen molar-refractivity contribution in [3.63, 3.8) is 0 Å². The molecule has 88 valence electrons. The Morgan fingerprint density at radius 1 is 1.44 bits per heavy atom. The molecule has 1 amide bonds. The SMILES string of the molecule is NC(=O)c1cc(C(O)C(O)CCl)ccc1O. The number of aromatic hydroxyl groups is 1. The zero-order valence-corrected chi connectivity index (χ0v) is 9.05. The maximum atomic E-state index is 10.9. The lowest BCUT2D eigenvalue weighted by molar-refractivity contribution is 0.0326. The molecule has 16 heavy (non-hydrogen) atoms. The van der Waals surface area contributed by atoms with Gasteiger partial charge < -0.3 is 21.1 Å². The van der Waals surface area contributed by atoms with Crippen LogP contribution in [0.15, 0.2) is 18.2 Å². The Bertz CT molecular complexity index is 396. The third-order valence-corrected chi connectivity index (χ3v) is 2.47. The van der Waals surface area contributed by atoms with E-state index in [1.807, 2.05) is 0 Å². The van der Waals surface area contributed by atoms with E-state index in [-0.39, 0.29) is 22.8 Å². The Hall–Kier alpha value is -1.30. The number of phenols is 1. The number of hydrogen-bond acceptors (Lipinski definition) is 4. The van der Waals surface area contributed by atoms with Gasteiger partial charge in [-0.2, -0.15) is 0 Å². The Morgan fingerprint density at radius 2 is 2.06 bits per heavy atom. The highest BCUT2D eigenvalue weighted by Gasteiger charge is 2.19. The number of halogens is 1. The number of amides is 1. The smallest absolute Gasteiger partial charge is 0.252 e. The summed E-state index contributed by atoms with van der Waals surface area (Å²) in [6.07, 6.45) is -2.37. The van der Waals surface area contributed by atoms with Crippen LogP contribution in [0.5, 0.6) is 5.75 Å². The molecule has 0 bridgehead atoms. The zero-order valence-electron chi connectivity index (χ0n) is 8.30. The number of aliphatic hydroxyl groups excluding tert-OH is 2. The fraction of sp³-hybridized carbons (Fsp3) is 0.300. The maximum absolute atomic E-state index is 10.9. The first kappa shape index (κ1) is 12.8. The number of benzene rings is 1. The lowest BCUT2D eigenvalue weighted by Gasteiger charge is -2.16. The molecular weight excluding hydrogens is 234 g/mol. The number of primary amides is 1. The summed E-state index contributed by atoms with van der Waals surface area (Å²) in [6, 6.07) is 3.82. The highest BCUT2D eigenvalue weighted by atomic mass is 35.5. The fourth-order valence-corrected chi connectivity index (χ4v) is 1.41. The first-order valence-electron chi connectivity index (χ1n) is 4.52. The van der Waals surface area contributed by atoms with Gasteiger partial charge in [0.2, 0.25) is 0 Å². The summed E-state index contributed by atoms with van der Waals surface area (Å²) >= 11 is 5.38. The Kier molecular flexibility index (Phi) is 4.12. The molecule has 1 aromatic carbocycles. The minimum Gasteiger partial charge on any atom is -0.507 e. The van der Waals surface area contributed by atoms with E-state index in [2.05, 4.69) is 0 Å². The standard InChI is InChI=1S/C10H12ClNO4/c11-4-8(14)9(15)5-1-2-7(13)6(3-5)10(12)16/h1-3,8-9,13-15H,4H2,(H2,12,16). The number of carbonyl (C=O) groups excluding carboxylic acids is 1. The van der Waals surface area contributed by atoms with Gasteiger partial charge in [0.1, 0.15) is 11.9 Å². The average Bonchev–Trinajstić information content (AvgIpc) is 2.27. The van der Waals surface area contributed by atoms with Gasteiger partial charge in [-0.25, -0.2) is 0 Å². The highest BCUT2D eigenvalue weighted by molar-refractivity contribution is 6.18. The van der Waals surface area contributed by atoms with Crippen molar-refractivity contribution in [2.45, 2.75) is 12.2 Å². The number of rotatable bonds is 4. The van der Waals surface area contributed by atoms with Crippen LogP contribution in [-0.4, -0.2) is 33.2 Å². The van der Waals surface area contributed by atoms with Crippen molar-refractivity contribution in [3.05, 3.63) is 29.3 Å². The number of aliphatic hydroxyl groups is 2. The quantitative estimate of drug-likeness (QED) is 0.566. The molecule has 0 saturated carbocycles. The second-order valence-electron chi connectivity index (χ2n) is 3.31. The van der Waals surface area contributed by atoms with Gasteiger partial charge in [-0.3, -0.25) is 4.79 Å². The van der Waals surface area contributed by atoms with Crippen LogP contribution in [0.1, 0.15) is 22.0 Å². The Balaban J connectivity index is 3.07. The van der Waals surface area contributed by atoms with E-state index in [1.54, 1.807) is 0 Å². The molecule has 2 atom stereocenters. The van der Waals surface area contributed by atoms with E-state index in [9.17, 15) is 20.1 Å². The first-order valence-corrected chi connectivity index (χ1v) is 5.05. The van der Waals surface area contributed by atoms with E-state index in [0.717, 1.165) is 0 Å².